The molecule has 0 saturated heterocycles. The molecule has 0 spiro atoms. The van der Waals surface area contributed by atoms with Crippen molar-refractivity contribution in [1.29, 1.82) is 0 Å². The summed E-state index contributed by atoms with van der Waals surface area (Å²) in [6.45, 7) is 4.22. The minimum Gasteiger partial charge on any atom is -0.462 e. The van der Waals surface area contributed by atoms with Crippen molar-refractivity contribution in [2.75, 3.05) is 47.5 Å². The van der Waals surface area contributed by atoms with Gasteiger partial charge in [-0.05, 0) is 38.5 Å². The van der Waals surface area contributed by atoms with Crippen LogP contribution in [0, 0.1) is 0 Å². The molecule has 1 N–H and O–H groups in total. The summed E-state index contributed by atoms with van der Waals surface area (Å²) < 4.78 is 34.1. The molecule has 0 bridgehead atoms. The molecular formula is C43H79NO8P+. The number of allylic oxidation sites excluding steroid dienone is 8. The number of quaternary nitrogens is 1. The van der Waals surface area contributed by atoms with Crippen molar-refractivity contribution in [2.45, 2.75) is 168 Å². The van der Waals surface area contributed by atoms with E-state index < -0.39 is 26.5 Å². The van der Waals surface area contributed by atoms with E-state index >= 15 is 0 Å². The number of likely N-dealkylation sites (N-methyl/N-ethyl adjacent to an activating group) is 1. The van der Waals surface area contributed by atoms with Gasteiger partial charge in [0, 0.05) is 12.8 Å². The number of phosphoric ester groups is 1. The van der Waals surface area contributed by atoms with Crippen molar-refractivity contribution in [2.24, 2.45) is 0 Å². The first-order valence-corrected chi connectivity index (χ1v) is 22.4. The van der Waals surface area contributed by atoms with Gasteiger partial charge < -0.3 is 18.9 Å². The first-order valence-electron chi connectivity index (χ1n) is 20.9. The normalized spacial score (nSPS) is 14.2. The van der Waals surface area contributed by atoms with Crippen molar-refractivity contribution in [3.8, 4) is 0 Å². The Labute approximate surface area is 324 Å². The molecule has 0 saturated carbocycles. The van der Waals surface area contributed by atoms with Crippen LogP contribution in [-0.2, 0) is 32.7 Å². The van der Waals surface area contributed by atoms with E-state index in [1.807, 2.05) is 33.3 Å². The third-order valence-corrected chi connectivity index (χ3v) is 9.62. The standard InChI is InChI=1S/C43H78NO8P/c1-6-8-10-12-14-16-18-20-21-22-24-25-27-29-31-33-35-42(45)49-39-41(40-51-53(47,48)50-38-37-44(3,4)5)52-43(46)36-34-32-30-28-26-23-19-17-15-13-11-9-7-2/h9,11,15,17,23,26,30,32,41H,6-8,10,12-14,16,18-22,24-25,27-29,31,33-40H2,1-5H3/p+1/b11-9-,17-15-,26-23-,32-30-. The summed E-state index contributed by atoms with van der Waals surface area (Å²) >= 11 is 0. The number of nitrogens with zero attached hydrogens (tertiary/aromatic N) is 1. The molecule has 0 heterocycles. The number of phosphoric acid groups is 1. The molecule has 0 rings (SSSR count). The SMILES string of the molecule is CC/C=C\C/C=C\C/C=C\C/C=C\CCC(=O)OC(COC(=O)CCCCCCCCCCCCCCCCCC)COP(=O)(O)OCC[N+](C)(C)C. The molecular weight excluding hydrogens is 689 g/mol. The molecule has 2 atom stereocenters. The van der Waals surface area contributed by atoms with Gasteiger partial charge in [0.25, 0.3) is 0 Å². The second-order valence-corrected chi connectivity index (χ2v) is 16.5. The molecule has 0 aromatic heterocycles. The number of rotatable bonds is 37. The van der Waals surface area contributed by atoms with Gasteiger partial charge >= 0.3 is 19.8 Å². The topological polar surface area (TPSA) is 108 Å². The highest BCUT2D eigenvalue weighted by molar-refractivity contribution is 7.47. The van der Waals surface area contributed by atoms with E-state index in [1.54, 1.807) is 0 Å². The molecule has 9 nitrogen and oxygen atoms in total. The monoisotopic (exact) mass is 769 g/mol. The fourth-order valence-corrected chi connectivity index (χ4v) is 6.12. The highest BCUT2D eigenvalue weighted by Crippen LogP contribution is 2.43. The second-order valence-electron chi connectivity index (χ2n) is 15.0. The third-order valence-electron chi connectivity index (χ3n) is 8.64. The Morgan fingerprint density at radius 3 is 1.57 bits per heavy atom. The summed E-state index contributed by atoms with van der Waals surface area (Å²) in [7, 11) is 1.43. The lowest BCUT2D eigenvalue weighted by molar-refractivity contribution is -0.870. The van der Waals surface area contributed by atoms with Crippen molar-refractivity contribution in [1.82, 2.24) is 0 Å². The van der Waals surface area contributed by atoms with Crippen LogP contribution in [0.5, 0.6) is 0 Å². The summed E-state index contributed by atoms with van der Waals surface area (Å²) in [6.07, 6.45) is 40.4. The Bertz CT molecular complexity index is 1050. The Morgan fingerprint density at radius 1 is 0.604 bits per heavy atom. The van der Waals surface area contributed by atoms with Crippen LogP contribution in [0.15, 0.2) is 48.6 Å². The average Bonchev–Trinajstić information content (AvgIpc) is 3.10. The van der Waals surface area contributed by atoms with E-state index in [-0.39, 0.29) is 32.0 Å². The quantitative estimate of drug-likeness (QED) is 0.0219. The lowest BCUT2D eigenvalue weighted by atomic mass is 10.0. The van der Waals surface area contributed by atoms with E-state index in [0.717, 1.165) is 44.9 Å². The first-order chi connectivity index (χ1) is 25.5. The molecule has 308 valence electrons. The predicted octanol–water partition coefficient (Wildman–Crippen LogP) is 11.5. The summed E-state index contributed by atoms with van der Waals surface area (Å²) in [5.41, 5.74) is 0. The largest absolute Gasteiger partial charge is 0.472 e. The molecule has 0 fully saturated rings. The minimum atomic E-state index is -4.39. The lowest BCUT2D eigenvalue weighted by Gasteiger charge is -2.24. The number of hydrogen-bond donors (Lipinski definition) is 1. The zero-order valence-electron chi connectivity index (χ0n) is 34.5. The zero-order valence-corrected chi connectivity index (χ0v) is 35.4. The average molecular weight is 769 g/mol. The van der Waals surface area contributed by atoms with Crippen LogP contribution in [0.25, 0.3) is 0 Å². The summed E-state index contributed by atoms with van der Waals surface area (Å²) in [5.74, 6) is -0.892. The van der Waals surface area contributed by atoms with Crippen LogP contribution in [0.2, 0.25) is 0 Å². The molecule has 0 amide bonds. The first kappa shape index (κ1) is 51.0. The molecule has 10 heteroatoms. The number of carbonyl (C=O) groups is 2. The second kappa shape index (κ2) is 35.7. The molecule has 0 radical (unpaired) electrons. The lowest BCUT2D eigenvalue weighted by Crippen LogP contribution is -2.37. The molecule has 53 heavy (non-hydrogen) atoms. The number of ether oxygens (including phenoxy) is 2. The molecule has 2 unspecified atom stereocenters. The molecule has 0 aliphatic heterocycles. The highest BCUT2D eigenvalue weighted by atomic mass is 31.2. The van der Waals surface area contributed by atoms with Crippen molar-refractivity contribution >= 4 is 19.8 Å². The van der Waals surface area contributed by atoms with Gasteiger partial charge in [-0.15, -0.1) is 0 Å². The minimum absolute atomic E-state index is 0.0187. The maximum Gasteiger partial charge on any atom is 0.472 e. The van der Waals surface area contributed by atoms with Gasteiger partial charge in [-0.2, -0.15) is 0 Å². The van der Waals surface area contributed by atoms with Gasteiger partial charge in [-0.3, -0.25) is 18.6 Å². The van der Waals surface area contributed by atoms with Crippen molar-refractivity contribution in [3.05, 3.63) is 48.6 Å². The predicted molar refractivity (Wildman–Crippen MR) is 220 cm³/mol. The maximum atomic E-state index is 12.6. The summed E-state index contributed by atoms with van der Waals surface area (Å²) in [5, 5.41) is 0. The van der Waals surface area contributed by atoms with Gasteiger partial charge in [0.05, 0.1) is 27.7 Å². The van der Waals surface area contributed by atoms with Gasteiger partial charge in [-0.25, -0.2) is 4.57 Å². The Morgan fingerprint density at radius 2 is 1.08 bits per heavy atom. The number of carbonyl (C=O) groups excluding carboxylic acids is 2. The van der Waals surface area contributed by atoms with Crippen LogP contribution in [0.4, 0.5) is 0 Å². The molecule has 0 aliphatic carbocycles. The summed E-state index contributed by atoms with van der Waals surface area (Å²) in [4.78, 5) is 35.2. The van der Waals surface area contributed by atoms with Crippen molar-refractivity contribution < 1.29 is 42.1 Å². The van der Waals surface area contributed by atoms with Crippen LogP contribution < -0.4 is 0 Å². The van der Waals surface area contributed by atoms with Gasteiger partial charge in [0.2, 0.25) is 0 Å². The Kier molecular flexibility index (Phi) is 34.3. The van der Waals surface area contributed by atoms with Gasteiger partial charge in [0.15, 0.2) is 6.10 Å². The van der Waals surface area contributed by atoms with E-state index in [0.29, 0.717) is 17.4 Å². The van der Waals surface area contributed by atoms with Gasteiger partial charge in [-0.1, -0.05) is 159 Å². The van der Waals surface area contributed by atoms with Crippen LogP contribution in [0.3, 0.4) is 0 Å². The number of hydrogen-bond acceptors (Lipinski definition) is 7. The zero-order chi connectivity index (χ0) is 39.3. The molecule has 0 aliphatic rings. The smallest absolute Gasteiger partial charge is 0.462 e. The van der Waals surface area contributed by atoms with Crippen LogP contribution >= 0.6 is 7.82 Å². The van der Waals surface area contributed by atoms with Crippen LogP contribution in [-0.4, -0.2) is 74.9 Å². The maximum absolute atomic E-state index is 12.6. The van der Waals surface area contributed by atoms with Crippen molar-refractivity contribution in [3.63, 3.8) is 0 Å². The fourth-order valence-electron chi connectivity index (χ4n) is 5.38. The van der Waals surface area contributed by atoms with E-state index in [1.165, 1.54) is 83.5 Å². The fraction of sp³-hybridized carbons (Fsp3) is 0.767. The van der Waals surface area contributed by atoms with Gasteiger partial charge in [0.1, 0.15) is 19.8 Å². The summed E-state index contributed by atoms with van der Waals surface area (Å²) in [6, 6.07) is 0. The van der Waals surface area contributed by atoms with E-state index in [4.69, 9.17) is 18.5 Å². The third kappa shape index (κ3) is 39.5. The van der Waals surface area contributed by atoms with E-state index in [2.05, 4.69) is 50.3 Å². The van der Waals surface area contributed by atoms with Crippen LogP contribution in [0.1, 0.15) is 162 Å². The molecule has 0 aromatic rings. The number of esters is 2. The van der Waals surface area contributed by atoms with E-state index in [9.17, 15) is 19.0 Å². The number of unbranched alkanes of at least 4 members (excludes halogenated alkanes) is 15. The Hall–Kier alpha value is -2.03. The molecule has 0 aromatic carbocycles. The Balaban J connectivity index is 4.45. The highest BCUT2D eigenvalue weighted by Gasteiger charge is 2.27.